The number of carboxylic acid groups (broad SMARTS) is 1. The largest absolute Gasteiger partial charge is 0.511 e. The van der Waals surface area contributed by atoms with Crippen molar-refractivity contribution < 1.29 is 19.4 Å². The number of carbonyl (C=O) groups is 1. The molecule has 92 valence electrons. The molecule has 2 rings (SSSR count). The lowest BCUT2D eigenvalue weighted by atomic mass is 10.1. The predicted octanol–water partition coefficient (Wildman–Crippen LogP) is 3.42. The first-order chi connectivity index (χ1) is 8.69. The molecule has 0 spiro atoms. The summed E-state index contributed by atoms with van der Waals surface area (Å²) in [6.45, 7) is 0. The van der Waals surface area contributed by atoms with Crippen molar-refractivity contribution in [2.24, 2.45) is 0 Å². The Labute approximate surface area is 104 Å². The molecule has 0 bridgehead atoms. The Morgan fingerprint density at radius 3 is 1.72 bits per heavy atom. The van der Waals surface area contributed by atoms with E-state index >= 15 is 0 Å². The van der Waals surface area contributed by atoms with Gasteiger partial charge in [0.2, 0.25) is 0 Å². The molecular formula is C14H12O4. The molecule has 2 aromatic rings. The molecule has 0 atom stereocenters. The maximum absolute atomic E-state index is 10.4. The third-order valence-corrected chi connectivity index (χ3v) is 2.48. The van der Waals surface area contributed by atoms with E-state index in [4.69, 9.17) is 9.84 Å². The van der Waals surface area contributed by atoms with E-state index in [2.05, 4.69) is 4.74 Å². The first-order valence-electron chi connectivity index (χ1n) is 5.34. The normalized spacial score (nSPS) is 9.83. The number of ether oxygens (including phenoxy) is 2. The second kappa shape index (κ2) is 5.23. The summed E-state index contributed by atoms with van der Waals surface area (Å²) in [5.74, 6) is 1.10. The van der Waals surface area contributed by atoms with Crippen LogP contribution in [0.3, 0.4) is 0 Å². The summed E-state index contributed by atoms with van der Waals surface area (Å²) in [4.78, 5) is 10.4. The highest BCUT2D eigenvalue weighted by Crippen LogP contribution is 2.24. The third kappa shape index (κ3) is 2.79. The maximum atomic E-state index is 10.4. The van der Waals surface area contributed by atoms with Gasteiger partial charge < -0.3 is 14.6 Å². The number of benzene rings is 2. The Balaban J connectivity index is 2.20. The molecule has 4 nitrogen and oxygen atoms in total. The molecule has 0 aromatic heterocycles. The number of rotatable bonds is 3. The molecule has 0 fully saturated rings. The monoisotopic (exact) mass is 244 g/mol. The van der Waals surface area contributed by atoms with E-state index in [1.54, 1.807) is 31.4 Å². The van der Waals surface area contributed by atoms with E-state index in [-0.39, 0.29) is 0 Å². The van der Waals surface area contributed by atoms with E-state index in [0.717, 1.165) is 16.9 Å². The molecule has 2 aromatic carbocycles. The summed E-state index contributed by atoms with van der Waals surface area (Å²) in [6.07, 6.45) is -1.31. The highest BCUT2D eigenvalue weighted by molar-refractivity contribution is 5.66. The van der Waals surface area contributed by atoms with Crippen LogP contribution in [-0.2, 0) is 0 Å². The lowest BCUT2D eigenvalue weighted by molar-refractivity contribution is 0.144. The lowest BCUT2D eigenvalue weighted by Gasteiger charge is -2.05. The summed E-state index contributed by atoms with van der Waals surface area (Å²) >= 11 is 0. The Kier molecular flexibility index (Phi) is 3.48. The molecule has 0 aliphatic rings. The van der Waals surface area contributed by atoms with E-state index in [0.29, 0.717) is 5.75 Å². The quantitative estimate of drug-likeness (QED) is 0.664. The Hall–Kier alpha value is -2.49. The SMILES string of the molecule is COc1ccc(-c2ccc(OC(=O)O)cc2)cc1. The van der Waals surface area contributed by atoms with E-state index in [1.165, 1.54) is 0 Å². The number of hydrogen-bond donors (Lipinski definition) is 1. The van der Waals surface area contributed by atoms with Gasteiger partial charge in [0.05, 0.1) is 7.11 Å². The average molecular weight is 244 g/mol. The molecule has 0 heterocycles. The van der Waals surface area contributed by atoms with Gasteiger partial charge in [0.25, 0.3) is 0 Å². The lowest BCUT2D eigenvalue weighted by Crippen LogP contribution is -2.02. The summed E-state index contributed by atoms with van der Waals surface area (Å²) in [5, 5.41) is 8.47. The van der Waals surface area contributed by atoms with Crippen LogP contribution in [0.25, 0.3) is 11.1 Å². The Morgan fingerprint density at radius 2 is 1.33 bits per heavy atom. The van der Waals surface area contributed by atoms with Crippen molar-refractivity contribution in [2.45, 2.75) is 0 Å². The van der Waals surface area contributed by atoms with Crippen LogP contribution >= 0.6 is 0 Å². The second-order valence-corrected chi connectivity index (χ2v) is 3.62. The molecule has 0 aliphatic carbocycles. The van der Waals surface area contributed by atoms with E-state index < -0.39 is 6.16 Å². The minimum Gasteiger partial charge on any atom is -0.497 e. The van der Waals surface area contributed by atoms with Crippen molar-refractivity contribution in [1.82, 2.24) is 0 Å². The molecule has 1 N–H and O–H groups in total. The molecule has 0 unspecified atom stereocenters. The second-order valence-electron chi connectivity index (χ2n) is 3.62. The topological polar surface area (TPSA) is 55.8 Å². The molecule has 0 saturated heterocycles. The van der Waals surface area contributed by atoms with Gasteiger partial charge in [-0.2, -0.15) is 0 Å². The van der Waals surface area contributed by atoms with Gasteiger partial charge in [-0.05, 0) is 35.4 Å². The minimum absolute atomic E-state index is 0.305. The molecule has 0 saturated carbocycles. The fourth-order valence-electron chi connectivity index (χ4n) is 1.60. The van der Waals surface area contributed by atoms with Gasteiger partial charge in [-0.15, -0.1) is 0 Å². The van der Waals surface area contributed by atoms with Crippen molar-refractivity contribution in [1.29, 1.82) is 0 Å². The van der Waals surface area contributed by atoms with Crippen LogP contribution in [0.2, 0.25) is 0 Å². The van der Waals surface area contributed by atoms with Crippen molar-refractivity contribution in [2.75, 3.05) is 7.11 Å². The highest BCUT2D eigenvalue weighted by Gasteiger charge is 2.02. The predicted molar refractivity (Wildman–Crippen MR) is 67.1 cm³/mol. The molecule has 0 aliphatic heterocycles. The molecular weight excluding hydrogens is 232 g/mol. The molecule has 0 radical (unpaired) electrons. The Bertz CT molecular complexity index is 529. The molecule has 4 heteroatoms. The fraction of sp³-hybridized carbons (Fsp3) is 0.0714. The van der Waals surface area contributed by atoms with Gasteiger partial charge >= 0.3 is 6.16 Å². The summed E-state index contributed by atoms with van der Waals surface area (Å²) in [6, 6.07) is 14.5. The zero-order valence-corrected chi connectivity index (χ0v) is 9.79. The summed E-state index contributed by atoms with van der Waals surface area (Å²) < 4.78 is 9.62. The third-order valence-electron chi connectivity index (χ3n) is 2.48. The van der Waals surface area contributed by atoms with Crippen molar-refractivity contribution >= 4 is 6.16 Å². The first-order valence-corrected chi connectivity index (χ1v) is 5.34. The van der Waals surface area contributed by atoms with Crippen molar-refractivity contribution in [3.63, 3.8) is 0 Å². The van der Waals surface area contributed by atoms with Gasteiger partial charge in [0.1, 0.15) is 11.5 Å². The van der Waals surface area contributed by atoms with Crippen LogP contribution in [-0.4, -0.2) is 18.4 Å². The smallest absolute Gasteiger partial charge is 0.497 e. The fourth-order valence-corrected chi connectivity index (χ4v) is 1.60. The zero-order chi connectivity index (χ0) is 13.0. The zero-order valence-electron chi connectivity index (χ0n) is 9.79. The van der Waals surface area contributed by atoms with Gasteiger partial charge in [-0.25, -0.2) is 4.79 Å². The van der Waals surface area contributed by atoms with Gasteiger partial charge in [0.15, 0.2) is 0 Å². The van der Waals surface area contributed by atoms with E-state index in [1.807, 2.05) is 24.3 Å². The van der Waals surface area contributed by atoms with Gasteiger partial charge in [-0.3, -0.25) is 0 Å². The van der Waals surface area contributed by atoms with Crippen LogP contribution in [0.1, 0.15) is 0 Å². The number of hydrogen-bond acceptors (Lipinski definition) is 3. The molecule has 18 heavy (non-hydrogen) atoms. The van der Waals surface area contributed by atoms with Gasteiger partial charge in [0, 0.05) is 0 Å². The number of methoxy groups -OCH3 is 1. The maximum Gasteiger partial charge on any atom is 0.511 e. The van der Waals surface area contributed by atoms with Crippen LogP contribution in [0.5, 0.6) is 11.5 Å². The standard InChI is InChI=1S/C14H12O4/c1-17-12-6-2-10(3-7-12)11-4-8-13(9-5-11)18-14(15)16/h2-9H,1H3,(H,15,16). The minimum atomic E-state index is -1.31. The first kappa shape index (κ1) is 12.0. The van der Waals surface area contributed by atoms with E-state index in [9.17, 15) is 4.79 Å². The highest BCUT2D eigenvalue weighted by atomic mass is 16.7. The Morgan fingerprint density at radius 1 is 0.889 bits per heavy atom. The summed E-state index contributed by atoms with van der Waals surface area (Å²) in [5.41, 5.74) is 2.01. The van der Waals surface area contributed by atoms with Crippen molar-refractivity contribution in [3.05, 3.63) is 48.5 Å². The van der Waals surface area contributed by atoms with Gasteiger partial charge in [-0.1, -0.05) is 24.3 Å². The van der Waals surface area contributed by atoms with Crippen LogP contribution in [0.15, 0.2) is 48.5 Å². The van der Waals surface area contributed by atoms with Crippen LogP contribution < -0.4 is 9.47 Å². The van der Waals surface area contributed by atoms with Crippen LogP contribution in [0.4, 0.5) is 4.79 Å². The van der Waals surface area contributed by atoms with Crippen LogP contribution in [0, 0.1) is 0 Å². The average Bonchev–Trinajstić information content (AvgIpc) is 2.39. The molecule has 0 amide bonds. The van der Waals surface area contributed by atoms with Crippen molar-refractivity contribution in [3.8, 4) is 22.6 Å². The summed E-state index contributed by atoms with van der Waals surface area (Å²) in [7, 11) is 1.62.